The van der Waals surface area contributed by atoms with Crippen LogP contribution in [0.15, 0.2) is 41.0 Å². The molecule has 1 aliphatic heterocycles. The van der Waals surface area contributed by atoms with Crippen LogP contribution < -0.4 is 14.4 Å². The predicted molar refractivity (Wildman–Crippen MR) is 99.0 cm³/mol. The van der Waals surface area contributed by atoms with E-state index in [9.17, 15) is 0 Å². The first kappa shape index (κ1) is 17.0. The summed E-state index contributed by atoms with van der Waals surface area (Å²) in [5, 5.41) is 0. The SMILES string of the molecule is COc1ccc(OC)c(CN2CCN(c3ncccc3Br)CC2)c1. The van der Waals surface area contributed by atoms with Crippen LogP contribution in [-0.2, 0) is 6.54 Å². The number of piperazine rings is 1. The molecule has 6 heteroatoms. The molecule has 0 unspecified atom stereocenters. The quantitative estimate of drug-likeness (QED) is 0.782. The molecular weight excluding hydrogens is 370 g/mol. The molecule has 1 saturated heterocycles. The van der Waals surface area contributed by atoms with Crippen molar-refractivity contribution in [1.82, 2.24) is 9.88 Å². The Labute approximate surface area is 151 Å². The Morgan fingerprint density at radius 3 is 2.54 bits per heavy atom. The number of pyridine rings is 1. The molecular formula is C18H22BrN3O2. The van der Waals surface area contributed by atoms with Gasteiger partial charge in [-0.1, -0.05) is 0 Å². The summed E-state index contributed by atoms with van der Waals surface area (Å²) in [6, 6.07) is 9.93. The minimum absolute atomic E-state index is 0.859. The Kier molecular flexibility index (Phi) is 5.58. The fourth-order valence-electron chi connectivity index (χ4n) is 2.97. The summed E-state index contributed by atoms with van der Waals surface area (Å²) >= 11 is 3.59. The fourth-order valence-corrected chi connectivity index (χ4v) is 3.48. The third kappa shape index (κ3) is 3.82. The van der Waals surface area contributed by atoms with Gasteiger partial charge in [0.25, 0.3) is 0 Å². The van der Waals surface area contributed by atoms with Crippen molar-refractivity contribution in [3.05, 3.63) is 46.6 Å². The normalized spacial score (nSPS) is 15.4. The minimum atomic E-state index is 0.859. The number of halogens is 1. The van der Waals surface area contributed by atoms with Gasteiger partial charge in [0.05, 0.1) is 18.7 Å². The average molecular weight is 392 g/mol. The Hall–Kier alpha value is -1.79. The van der Waals surface area contributed by atoms with Crippen LogP contribution in [0.25, 0.3) is 0 Å². The minimum Gasteiger partial charge on any atom is -0.497 e. The lowest BCUT2D eigenvalue weighted by Gasteiger charge is -2.36. The number of hydrogen-bond acceptors (Lipinski definition) is 5. The van der Waals surface area contributed by atoms with Crippen LogP contribution in [0.5, 0.6) is 11.5 Å². The van der Waals surface area contributed by atoms with Crippen LogP contribution in [0.4, 0.5) is 5.82 Å². The predicted octanol–water partition coefficient (Wildman–Crippen LogP) is 3.18. The number of benzene rings is 1. The maximum absolute atomic E-state index is 5.48. The van der Waals surface area contributed by atoms with Crippen LogP contribution in [0.2, 0.25) is 0 Å². The number of rotatable bonds is 5. The maximum atomic E-state index is 5.48. The van der Waals surface area contributed by atoms with E-state index in [2.05, 4.69) is 36.8 Å². The molecule has 0 amide bonds. The molecule has 0 radical (unpaired) electrons. The lowest BCUT2D eigenvalue weighted by Crippen LogP contribution is -2.46. The summed E-state index contributed by atoms with van der Waals surface area (Å²) in [5.74, 6) is 2.80. The van der Waals surface area contributed by atoms with Gasteiger partial charge in [-0.05, 0) is 46.3 Å². The van der Waals surface area contributed by atoms with E-state index in [-0.39, 0.29) is 0 Å². The lowest BCUT2D eigenvalue weighted by molar-refractivity contribution is 0.245. The number of methoxy groups -OCH3 is 2. The molecule has 3 rings (SSSR count). The van der Waals surface area contributed by atoms with Crippen molar-refractivity contribution in [2.24, 2.45) is 0 Å². The van der Waals surface area contributed by atoms with Gasteiger partial charge in [-0.15, -0.1) is 0 Å². The summed E-state index contributed by atoms with van der Waals surface area (Å²) in [6.45, 7) is 4.76. The second-order valence-electron chi connectivity index (χ2n) is 5.75. The van der Waals surface area contributed by atoms with Crippen LogP contribution in [0, 0.1) is 0 Å². The molecule has 1 aliphatic rings. The van der Waals surface area contributed by atoms with Crippen LogP contribution in [0.3, 0.4) is 0 Å². The van der Waals surface area contributed by atoms with Crippen molar-refractivity contribution in [2.45, 2.75) is 6.54 Å². The molecule has 24 heavy (non-hydrogen) atoms. The van der Waals surface area contributed by atoms with Gasteiger partial charge in [0, 0.05) is 44.5 Å². The molecule has 1 aromatic heterocycles. The zero-order chi connectivity index (χ0) is 16.9. The van der Waals surface area contributed by atoms with E-state index in [1.54, 1.807) is 14.2 Å². The number of aromatic nitrogens is 1. The highest BCUT2D eigenvalue weighted by Crippen LogP contribution is 2.27. The topological polar surface area (TPSA) is 37.8 Å². The van der Waals surface area contributed by atoms with E-state index < -0.39 is 0 Å². The van der Waals surface area contributed by atoms with E-state index in [1.807, 2.05) is 30.5 Å². The molecule has 2 heterocycles. The van der Waals surface area contributed by atoms with Gasteiger partial charge in [-0.25, -0.2) is 4.98 Å². The van der Waals surface area contributed by atoms with Gasteiger partial charge in [0.1, 0.15) is 17.3 Å². The highest BCUT2D eigenvalue weighted by Gasteiger charge is 2.20. The van der Waals surface area contributed by atoms with E-state index in [0.717, 1.165) is 60.1 Å². The molecule has 0 saturated carbocycles. The van der Waals surface area contributed by atoms with E-state index in [4.69, 9.17) is 9.47 Å². The largest absolute Gasteiger partial charge is 0.497 e. The molecule has 0 N–H and O–H groups in total. The van der Waals surface area contributed by atoms with Crippen LogP contribution in [0.1, 0.15) is 5.56 Å². The van der Waals surface area contributed by atoms with E-state index in [1.165, 1.54) is 0 Å². The molecule has 0 aliphatic carbocycles. The van der Waals surface area contributed by atoms with Crippen LogP contribution >= 0.6 is 15.9 Å². The van der Waals surface area contributed by atoms with Crippen LogP contribution in [-0.4, -0.2) is 50.3 Å². The Morgan fingerprint density at radius 2 is 1.88 bits per heavy atom. The van der Waals surface area contributed by atoms with Gasteiger partial charge < -0.3 is 14.4 Å². The van der Waals surface area contributed by atoms with Crippen molar-refractivity contribution < 1.29 is 9.47 Å². The average Bonchev–Trinajstić information content (AvgIpc) is 2.63. The summed E-state index contributed by atoms with van der Waals surface area (Å²) in [5.41, 5.74) is 1.16. The molecule has 5 nitrogen and oxygen atoms in total. The second kappa shape index (κ2) is 7.85. The summed E-state index contributed by atoms with van der Waals surface area (Å²) in [6.07, 6.45) is 1.84. The standard InChI is InChI=1S/C18H22BrN3O2/c1-23-15-5-6-17(24-2)14(12-15)13-21-8-10-22(11-9-21)18-16(19)4-3-7-20-18/h3-7,12H,8-11,13H2,1-2H3. The van der Waals surface area contributed by atoms with Crippen molar-refractivity contribution >= 4 is 21.7 Å². The molecule has 0 bridgehead atoms. The summed E-state index contributed by atoms with van der Waals surface area (Å²) < 4.78 is 11.9. The lowest BCUT2D eigenvalue weighted by atomic mass is 10.1. The third-order valence-corrected chi connectivity index (χ3v) is 4.91. The first-order chi connectivity index (χ1) is 11.7. The first-order valence-corrected chi connectivity index (χ1v) is 8.79. The monoisotopic (exact) mass is 391 g/mol. The van der Waals surface area contributed by atoms with Gasteiger partial charge in [0.2, 0.25) is 0 Å². The highest BCUT2D eigenvalue weighted by atomic mass is 79.9. The first-order valence-electron chi connectivity index (χ1n) is 8.00. The Bertz CT molecular complexity index is 688. The third-order valence-electron chi connectivity index (χ3n) is 4.29. The highest BCUT2D eigenvalue weighted by molar-refractivity contribution is 9.10. The number of nitrogens with zero attached hydrogens (tertiary/aromatic N) is 3. The summed E-state index contributed by atoms with van der Waals surface area (Å²) in [4.78, 5) is 9.24. The van der Waals surface area contributed by atoms with E-state index >= 15 is 0 Å². The number of ether oxygens (including phenoxy) is 2. The number of hydrogen-bond donors (Lipinski definition) is 0. The summed E-state index contributed by atoms with van der Waals surface area (Å²) in [7, 11) is 3.40. The Balaban J connectivity index is 1.64. The van der Waals surface area contributed by atoms with Crippen molar-refractivity contribution in [3.8, 4) is 11.5 Å². The fraction of sp³-hybridized carbons (Fsp3) is 0.389. The molecule has 1 fully saturated rings. The molecule has 0 atom stereocenters. The second-order valence-corrected chi connectivity index (χ2v) is 6.60. The van der Waals surface area contributed by atoms with Gasteiger partial charge in [-0.2, -0.15) is 0 Å². The molecule has 2 aromatic rings. The van der Waals surface area contributed by atoms with Crippen molar-refractivity contribution in [1.29, 1.82) is 0 Å². The zero-order valence-corrected chi connectivity index (χ0v) is 15.6. The van der Waals surface area contributed by atoms with Gasteiger partial charge >= 0.3 is 0 Å². The molecule has 1 aromatic carbocycles. The molecule has 128 valence electrons. The smallest absolute Gasteiger partial charge is 0.142 e. The Morgan fingerprint density at radius 1 is 1.08 bits per heavy atom. The molecule has 0 spiro atoms. The zero-order valence-electron chi connectivity index (χ0n) is 14.0. The van der Waals surface area contributed by atoms with Crippen molar-refractivity contribution in [3.63, 3.8) is 0 Å². The van der Waals surface area contributed by atoms with E-state index in [0.29, 0.717) is 0 Å². The van der Waals surface area contributed by atoms with Gasteiger partial charge in [-0.3, -0.25) is 4.90 Å². The maximum Gasteiger partial charge on any atom is 0.142 e. The van der Waals surface area contributed by atoms with Crippen molar-refractivity contribution in [2.75, 3.05) is 45.3 Å². The number of anilines is 1. The van der Waals surface area contributed by atoms with Gasteiger partial charge in [0.15, 0.2) is 0 Å².